The molecule has 0 aliphatic heterocycles. The van der Waals surface area contributed by atoms with E-state index < -0.39 is 11.6 Å². The van der Waals surface area contributed by atoms with Crippen LogP contribution in [0.3, 0.4) is 0 Å². The highest BCUT2D eigenvalue weighted by atomic mass is 127. The molecule has 2 rings (SSSR count). The topological polar surface area (TPSA) is 12.0 Å². The minimum absolute atomic E-state index is 0.0305. The Bertz CT molecular complexity index is 558. The molecule has 0 aromatic heterocycles. The molecule has 2 aromatic carbocycles. The number of benzene rings is 2. The molecule has 18 heavy (non-hydrogen) atoms. The van der Waals surface area contributed by atoms with Crippen LogP contribution >= 0.6 is 38.5 Å². The van der Waals surface area contributed by atoms with Gasteiger partial charge in [-0.15, -0.1) is 0 Å². The molecule has 1 N–H and O–H groups in total. The van der Waals surface area contributed by atoms with E-state index in [1.54, 1.807) is 0 Å². The van der Waals surface area contributed by atoms with Gasteiger partial charge in [-0.05, 0) is 74.9 Å². The summed E-state index contributed by atoms with van der Waals surface area (Å²) in [5, 5.41) is 2.99. The van der Waals surface area contributed by atoms with Crippen LogP contribution in [0, 0.1) is 15.2 Å². The van der Waals surface area contributed by atoms with Crippen molar-refractivity contribution in [2.24, 2.45) is 0 Å². The molecule has 0 amide bonds. The Labute approximate surface area is 126 Å². The van der Waals surface area contributed by atoms with E-state index in [-0.39, 0.29) is 16.6 Å². The predicted molar refractivity (Wildman–Crippen MR) is 80.5 cm³/mol. The zero-order chi connectivity index (χ0) is 13.1. The Balaban J connectivity index is 2.15. The van der Waals surface area contributed by atoms with E-state index in [9.17, 15) is 8.78 Å². The fourth-order valence-electron chi connectivity index (χ4n) is 1.49. The number of anilines is 1. The highest BCUT2D eigenvalue weighted by Crippen LogP contribution is 2.22. The van der Waals surface area contributed by atoms with Gasteiger partial charge in [0.25, 0.3) is 0 Å². The molecule has 0 aliphatic rings. The third kappa shape index (κ3) is 3.20. The number of nitrogens with one attached hydrogen (secondary N) is 1. The summed E-state index contributed by atoms with van der Waals surface area (Å²) in [6, 6.07) is 10.2. The van der Waals surface area contributed by atoms with Crippen molar-refractivity contribution < 1.29 is 8.78 Å². The molecule has 0 heterocycles. The van der Waals surface area contributed by atoms with Crippen molar-refractivity contribution in [2.45, 2.75) is 6.54 Å². The maximum absolute atomic E-state index is 13.7. The summed E-state index contributed by atoms with van der Waals surface area (Å²) in [5.74, 6) is -1.11. The standard InChI is InChI=1S/C13H9BrF2IN/c14-11-5-6-12(15)10(13(11)16)7-18-9-3-1-8(17)2-4-9/h1-6,18H,7H2. The lowest BCUT2D eigenvalue weighted by molar-refractivity contribution is 0.555. The lowest BCUT2D eigenvalue weighted by Gasteiger charge is -2.09. The normalized spacial score (nSPS) is 10.4. The van der Waals surface area contributed by atoms with E-state index >= 15 is 0 Å². The third-order valence-electron chi connectivity index (χ3n) is 2.45. The number of hydrogen-bond donors (Lipinski definition) is 1. The highest BCUT2D eigenvalue weighted by Gasteiger charge is 2.11. The van der Waals surface area contributed by atoms with Crippen molar-refractivity contribution in [1.82, 2.24) is 0 Å². The summed E-state index contributed by atoms with van der Waals surface area (Å²) in [6.45, 7) is 0.109. The third-order valence-corrected chi connectivity index (χ3v) is 3.78. The Morgan fingerprint density at radius 2 is 1.72 bits per heavy atom. The lowest BCUT2D eigenvalue weighted by Crippen LogP contribution is -2.05. The second-order valence-electron chi connectivity index (χ2n) is 3.68. The van der Waals surface area contributed by atoms with E-state index in [0.29, 0.717) is 0 Å². The van der Waals surface area contributed by atoms with Gasteiger partial charge >= 0.3 is 0 Å². The van der Waals surface area contributed by atoms with Crippen LogP contribution in [0.5, 0.6) is 0 Å². The quantitative estimate of drug-likeness (QED) is 0.544. The summed E-state index contributed by atoms with van der Waals surface area (Å²) in [4.78, 5) is 0. The molecule has 0 saturated carbocycles. The first-order valence-electron chi connectivity index (χ1n) is 5.20. The van der Waals surface area contributed by atoms with Gasteiger partial charge in [0.1, 0.15) is 11.6 Å². The predicted octanol–water partition coefficient (Wildman–Crippen LogP) is 4.94. The molecule has 1 nitrogen and oxygen atoms in total. The van der Waals surface area contributed by atoms with Crippen LogP contribution in [0.25, 0.3) is 0 Å². The van der Waals surface area contributed by atoms with Crippen molar-refractivity contribution >= 4 is 44.2 Å². The van der Waals surface area contributed by atoms with Crippen LogP contribution in [0.4, 0.5) is 14.5 Å². The fraction of sp³-hybridized carbons (Fsp3) is 0.0769. The minimum atomic E-state index is -0.562. The maximum atomic E-state index is 13.7. The molecule has 0 spiro atoms. The van der Waals surface area contributed by atoms with Gasteiger partial charge in [-0.25, -0.2) is 8.78 Å². The molecule has 0 fully saturated rings. The summed E-state index contributed by atoms with van der Waals surface area (Å²) < 4.78 is 28.6. The van der Waals surface area contributed by atoms with Crippen LogP contribution in [-0.2, 0) is 6.54 Å². The Morgan fingerprint density at radius 1 is 1.06 bits per heavy atom. The number of halogens is 4. The molecule has 94 valence electrons. The first kappa shape index (κ1) is 13.7. The summed E-state index contributed by atoms with van der Waals surface area (Å²) >= 11 is 5.24. The van der Waals surface area contributed by atoms with Gasteiger partial charge in [0.2, 0.25) is 0 Å². The van der Waals surface area contributed by atoms with Crippen molar-refractivity contribution in [3.8, 4) is 0 Å². The van der Waals surface area contributed by atoms with Crippen LogP contribution in [0.2, 0.25) is 0 Å². The number of rotatable bonds is 3. The van der Waals surface area contributed by atoms with Crippen molar-refractivity contribution in [3.05, 3.63) is 61.6 Å². The zero-order valence-corrected chi connectivity index (χ0v) is 12.9. The molecule has 0 bridgehead atoms. The average Bonchev–Trinajstić information content (AvgIpc) is 2.36. The molecule has 0 atom stereocenters. The van der Waals surface area contributed by atoms with E-state index in [4.69, 9.17) is 0 Å². The van der Waals surface area contributed by atoms with Crippen molar-refractivity contribution in [2.75, 3.05) is 5.32 Å². The second-order valence-corrected chi connectivity index (χ2v) is 5.78. The van der Waals surface area contributed by atoms with E-state index in [1.165, 1.54) is 12.1 Å². The van der Waals surface area contributed by atoms with Gasteiger partial charge in [0.15, 0.2) is 0 Å². The molecule has 2 aromatic rings. The first-order chi connectivity index (χ1) is 8.58. The largest absolute Gasteiger partial charge is 0.381 e. The van der Waals surface area contributed by atoms with Crippen LogP contribution in [-0.4, -0.2) is 0 Å². The van der Waals surface area contributed by atoms with Crippen LogP contribution < -0.4 is 5.32 Å². The molecular formula is C13H9BrF2IN. The smallest absolute Gasteiger partial charge is 0.145 e. The Morgan fingerprint density at radius 3 is 2.39 bits per heavy atom. The molecule has 0 saturated heterocycles. The molecule has 0 radical (unpaired) electrons. The van der Waals surface area contributed by atoms with Crippen molar-refractivity contribution in [3.63, 3.8) is 0 Å². The van der Waals surface area contributed by atoms with Crippen molar-refractivity contribution in [1.29, 1.82) is 0 Å². The molecule has 0 unspecified atom stereocenters. The second kappa shape index (κ2) is 5.97. The van der Waals surface area contributed by atoms with E-state index in [2.05, 4.69) is 43.8 Å². The monoisotopic (exact) mass is 423 g/mol. The van der Waals surface area contributed by atoms with E-state index in [1.807, 2.05) is 24.3 Å². The Kier molecular flexibility index (Phi) is 4.55. The van der Waals surface area contributed by atoms with Crippen LogP contribution in [0.15, 0.2) is 40.9 Å². The summed E-state index contributed by atoms with van der Waals surface area (Å²) in [6.07, 6.45) is 0. The van der Waals surface area contributed by atoms with E-state index in [0.717, 1.165) is 9.26 Å². The molecular weight excluding hydrogens is 415 g/mol. The SMILES string of the molecule is Fc1ccc(Br)c(F)c1CNc1ccc(I)cc1. The average molecular weight is 424 g/mol. The zero-order valence-electron chi connectivity index (χ0n) is 9.18. The van der Waals surface area contributed by atoms with Gasteiger partial charge in [0, 0.05) is 21.4 Å². The van der Waals surface area contributed by atoms with Gasteiger partial charge in [-0.2, -0.15) is 0 Å². The van der Waals surface area contributed by atoms with Crippen LogP contribution in [0.1, 0.15) is 5.56 Å². The Hall–Kier alpha value is -0.690. The maximum Gasteiger partial charge on any atom is 0.145 e. The lowest BCUT2D eigenvalue weighted by atomic mass is 10.2. The summed E-state index contributed by atoms with van der Waals surface area (Å²) in [5.41, 5.74) is 0.858. The van der Waals surface area contributed by atoms with Gasteiger partial charge < -0.3 is 5.32 Å². The first-order valence-corrected chi connectivity index (χ1v) is 7.07. The fourth-order valence-corrected chi connectivity index (χ4v) is 2.22. The number of hydrogen-bond acceptors (Lipinski definition) is 1. The highest BCUT2D eigenvalue weighted by molar-refractivity contribution is 14.1. The summed E-state index contributed by atoms with van der Waals surface area (Å²) in [7, 11) is 0. The minimum Gasteiger partial charge on any atom is -0.381 e. The van der Waals surface area contributed by atoms with Gasteiger partial charge in [0.05, 0.1) is 4.47 Å². The molecule has 0 aliphatic carbocycles. The van der Waals surface area contributed by atoms with Gasteiger partial charge in [-0.3, -0.25) is 0 Å². The molecule has 5 heteroatoms. The van der Waals surface area contributed by atoms with Gasteiger partial charge in [-0.1, -0.05) is 0 Å².